The molecule has 14 heteroatoms. The second kappa shape index (κ2) is 12.6. The van der Waals surface area contributed by atoms with Crippen LogP contribution in [0.2, 0.25) is 5.02 Å². The van der Waals surface area contributed by atoms with Crippen LogP contribution in [-0.2, 0) is 31.0 Å². The zero-order valence-electron chi connectivity index (χ0n) is 29.5. The number of hydrogen-bond donors (Lipinski definition) is 2. The number of amides is 4. The van der Waals surface area contributed by atoms with Gasteiger partial charge in [0, 0.05) is 47.3 Å². The van der Waals surface area contributed by atoms with Crippen LogP contribution in [0.25, 0.3) is 20.7 Å². The molecule has 2 saturated heterocycles. The van der Waals surface area contributed by atoms with Gasteiger partial charge in [0.15, 0.2) is 0 Å². The Morgan fingerprint density at radius 3 is 2.58 bits per heavy atom. The van der Waals surface area contributed by atoms with E-state index in [1.165, 1.54) is 22.8 Å². The standard InChI is InChI=1S/C39H37ClN4O8S/c1-18-23-14-19(40)7-12-29(23)53-34(18)27-17-30(42(3)41-27)44-36(49)26-16-24-21(9-10-22-32(24)37(50)43(35(22)48)13-5-6-31(46)47)33(39(26,2)38(44)51)25-15-20(52-4)8-11-28(25)45/h7-9,11-12,14-15,17,22,24,26,32-33,45H,5-6,10,13,16H2,1-4H3,(H,46,47). The lowest BCUT2D eigenvalue weighted by molar-refractivity contribution is -0.142. The van der Waals surface area contributed by atoms with Crippen molar-refractivity contribution >= 4 is 68.4 Å². The second-order valence-electron chi connectivity index (χ2n) is 14.6. The molecule has 3 fully saturated rings. The lowest BCUT2D eigenvalue weighted by atomic mass is 9.51. The summed E-state index contributed by atoms with van der Waals surface area (Å²) in [5.74, 6) is -5.85. The van der Waals surface area contributed by atoms with E-state index in [1.807, 2.05) is 31.2 Å². The first kappa shape index (κ1) is 35.0. The largest absolute Gasteiger partial charge is 0.508 e. The summed E-state index contributed by atoms with van der Waals surface area (Å²) in [5.41, 5.74) is 1.28. The number of carboxylic acids is 1. The van der Waals surface area contributed by atoms with Gasteiger partial charge in [0.05, 0.1) is 35.2 Å². The Morgan fingerprint density at radius 2 is 1.85 bits per heavy atom. The third kappa shape index (κ3) is 5.14. The van der Waals surface area contributed by atoms with Gasteiger partial charge in [-0.2, -0.15) is 5.10 Å². The summed E-state index contributed by atoms with van der Waals surface area (Å²) >= 11 is 7.84. The zero-order chi connectivity index (χ0) is 37.7. The van der Waals surface area contributed by atoms with E-state index in [-0.39, 0.29) is 43.9 Å². The first-order chi connectivity index (χ1) is 25.3. The lowest BCUT2D eigenvalue weighted by Crippen LogP contribution is -2.49. The van der Waals surface area contributed by atoms with Crippen LogP contribution >= 0.6 is 22.9 Å². The number of carbonyl (C=O) groups excluding carboxylic acids is 4. The third-order valence-corrected chi connectivity index (χ3v) is 13.4. The van der Waals surface area contributed by atoms with Crippen LogP contribution in [-0.4, -0.2) is 68.1 Å². The van der Waals surface area contributed by atoms with E-state index < -0.39 is 58.7 Å². The molecule has 6 atom stereocenters. The number of aromatic hydroxyl groups is 1. The van der Waals surface area contributed by atoms with Gasteiger partial charge < -0.3 is 14.9 Å². The summed E-state index contributed by atoms with van der Waals surface area (Å²) in [6.45, 7) is 3.72. The van der Waals surface area contributed by atoms with Crippen molar-refractivity contribution in [1.29, 1.82) is 0 Å². The number of halogens is 1. The molecule has 6 unspecified atom stereocenters. The van der Waals surface area contributed by atoms with Crippen LogP contribution in [0.1, 0.15) is 49.7 Å². The Labute approximate surface area is 313 Å². The van der Waals surface area contributed by atoms with E-state index in [0.29, 0.717) is 27.8 Å². The number of thiophene rings is 1. The molecular formula is C39H37ClN4O8S. The van der Waals surface area contributed by atoms with Crippen LogP contribution in [0.3, 0.4) is 0 Å². The molecule has 2 aliphatic heterocycles. The van der Waals surface area contributed by atoms with Crippen molar-refractivity contribution in [2.45, 2.75) is 45.4 Å². The van der Waals surface area contributed by atoms with E-state index >= 15 is 4.79 Å². The van der Waals surface area contributed by atoms with Crippen LogP contribution in [0.5, 0.6) is 11.5 Å². The molecule has 2 N–H and O–H groups in total. The number of allylic oxidation sites excluding steroid dienone is 2. The number of aryl methyl sites for hydroxylation is 2. The van der Waals surface area contributed by atoms with E-state index in [4.69, 9.17) is 26.5 Å². The van der Waals surface area contributed by atoms with E-state index in [2.05, 4.69) is 0 Å². The number of phenols is 1. The van der Waals surface area contributed by atoms with Gasteiger partial charge in [-0.05, 0) is 86.4 Å². The number of imide groups is 2. The van der Waals surface area contributed by atoms with Crippen LogP contribution < -0.4 is 9.64 Å². The summed E-state index contributed by atoms with van der Waals surface area (Å²) in [6.07, 6.45) is 2.21. The number of carbonyl (C=O) groups is 5. The maximum Gasteiger partial charge on any atom is 0.303 e. The zero-order valence-corrected chi connectivity index (χ0v) is 31.0. The normalized spacial score (nSPS) is 26.6. The molecule has 2 aromatic heterocycles. The van der Waals surface area contributed by atoms with Crippen molar-refractivity contribution < 1.29 is 38.9 Å². The summed E-state index contributed by atoms with van der Waals surface area (Å²) in [4.78, 5) is 72.0. The fourth-order valence-electron chi connectivity index (χ4n) is 9.36. The molecular weight excluding hydrogens is 720 g/mol. The topological polar surface area (TPSA) is 159 Å². The predicted molar refractivity (Wildman–Crippen MR) is 197 cm³/mol. The number of likely N-dealkylation sites (tertiary alicyclic amines) is 1. The minimum atomic E-state index is -1.39. The Bertz CT molecular complexity index is 2310. The average Bonchev–Trinajstić information content (AvgIpc) is 3.79. The smallest absolute Gasteiger partial charge is 0.303 e. The van der Waals surface area contributed by atoms with E-state index in [1.54, 1.807) is 43.5 Å². The number of nitrogens with zero attached hydrogens (tertiary/aromatic N) is 4. The predicted octanol–water partition coefficient (Wildman–Crippen LogP) is 6.07. The molecule has 2 aromatic carbocycles. The fraction of sp³-hybridized carbons (Fsp3) is 0.385. The van der Waals surface area contributed by atoms with Gasteiger partial charge >= 0.3 is 5.97 Å². The Morgan fingerprint density at radius 1 is 1.08 bits per heavy atom. The van der Waals surface area contributed by atoms with Crippen molar-refractivity contribution in [2.24, 2.45) is 36.1 Å². The van der Waals surface area contributed by atoms with Crippen molar-refractivity contribution in [3.63, 3.8) is 0 Å². The number of anilines is 1. The van der Waals surface area contributed by atoms with Crippen molar-refractivity contribution in [2.75, 3.05) is 18.6 Å². The number of ether oxygens (including phenoxy) is 1. The van der Waals surface area contributed by atoms with Crippen LogP contribution in [0, 0.1) is 36.0 Å². The molecule has 8 rings (SSSR count). The van der Waals surface area contributed by atoms with Crippen molar-refractivity contribution in [3.8, 4) is 22.1 Å². The molecule has 53 heavy (non-hydrogen) atoms. The minimum Gasteiger partial charge on any atom is -0.508 e. The molecule has 2 aliphatic carbocycles. The maximum atomic E-state index is 15.0. The average molecular weight is 757 g/mol. The molecule has 0 spiro atoms. The van der Waals surface area contributed by atoms with Gasteiger partial charge in [0.25, 0.3) is 0 Å². The number of rotatable bonds is 8. The minimum absolute atomic E-state index is 0.0133. The number of aromatic nitrogens is 2. The number of fused-ring (bicyclic) bond motifs is 5. The number of aliphatic carboxylic acids is 1. The first-order valence-electron chi connectivity index (χ1n) is 17.5. The molecule has 274 valence electrons. The highest BCUT2D eigenvalue weighted by Crippen LogP contribution is 2.64. The van der Waals surface area contributed by atoms with Gasteiger partial charge in [-0.25, -0.2) is 4.90 Å². The van der Waals surface area contributed by atoms with Crippen molar-refractivity contribution in [3.05, 3.63) is 70.3 Å². The molecule has 4 aliphatic rings. The van der Waals surface area contributed by atoms with Crippen LogP contribution in [0.15, 0.2) is 54.1 Å². The maximum absolute atomic E-state index is 15.0. The molecule has 4 aromatic rings. The molecule has 4 heterocycles. The molecule has 0 radical (unpaired) electrons. The van der Waals surface area contributed by atoms with E-state index in [9.17, 15) is 24.3 Å². The first-order valence-corrected chi connectivity index (χ1v) is 18.7. The Kier molecular flexibility index (Phi) is 8.30. The molecule has 0 bridgehead atoms. The van der Waals surface area contributed by atoms with Gasteiger partial charge in [0.1, 0.15) is 23.0 Å². The number of phenolic OH excluding ortho intramolecular Hbond substituents is 1. The van der Waals surface area contributed by atoms with Gasteiger partial charge in [0.2, 0.25) is 23.6 Å². The Balaban J connectivity index is 1.23. The molecule has 12 nitrogen and oxygen atoms in total. The molecule has 1 saturated carbocycles. The second-order valence-corrected chi connectivity index (χ2v) is 16.1. The quantitative estimate of drug-likeness (QED) is 0.161. The monoisotopic (exact) mass is 756 g/mol. The van der Waals surface area contributed by atoms with Gasteiger partial charge in [-0.1, -0.05) is 23.3 Å². The van der Waals surface area contributed by atoms with Gasteiger partial charge in [-0.3, -0.25) is 33.6 Å². The lowest BCUT2D eigenvalue weighted by Gasteiger charge is -2.49. The SMILES string of the molecule is COc1ccc(O)c(C2C3=CCC4C(=O)N(CCCC(=O)O)C(=O)C4C3CC3C(=O)N(c4cc(-c5sc6ccc(Cl)cc6c5C)nn4C)C(=O)C32C)c1. The number of hydrogen-bond acceptors (Lipinski definition) is 9. The summed E-state index contributed by atoms with van der Waals surface area (Å²) in [6, 6.07) is 12.2. The number of carboxylic acid groups (broad SMARTS) is 1. The highest BCUT2D eigenvalue weighted by Gasteiger charge is 2.68. The highest BCUT2D eigenvalue weighted by molar-refractivity contribution is 7.22. The third-order valence-electron chi connectivity index (χ3n) is 11.9. The van der Waals surface area contributed by atoms with Crippen molar-refractivity contribution in [1.82, 2.24) is 14.7 Å². The number of benzene rings is 2. The fourth-order valence-corrected chi connectivity index (χ4v) is 10.7. The van der Waals surface area contributed by atoms with Gasteiger partial charge in [-0.15, -0.1) is 11.3 Å². The summed E-state index contributed by atoms with van der Waals surface area (Å²) in [7, 11) is 3.18. The highest BCUT2D eigenvalue weighted by atomic mass is 35.5. The molecule has 4 amide bonds. The Hall–Kier alpha value is -5.01. The summed E-state index contributed by atoms with van der Waals surface area (Å²) in [5, 5.41) is 26.9. The van der Waals surface area contributed by atoms with Crippen LogP contribution in [0.4, 0.5) is 5.82 Å². The van der Waals surface area contributed by atoms with E-state index in [0.717, 1.165) is 31.0 Å². The summed E-state index contributed by atoms with van der Waals surface area (Å²) < 4.78 is 8.08. The number of methoxy groups -OCH3 is 1.